The Kier molecular flexibility index (Phi) is 5.06. The summed E-state index contributed by atoms with van der Waals surface area (Å²) in [6.07, 6.45) is 4.44. The molecule has 0 saturated carbocycles. The minimum absolute atomic E-state index is 0.143. The van der Waals surface area contributed by atoms with E-state index in [1.54, 1.807) is 6.20 Å². The number of rotatable bonds is 4. The van der Waals surface area contributed by atoms with Crippen LogP contribution < -0.4 is 5.32 Å². The summed E-state index contributed by atoms with van der Waals surface area (Å²) in [5.74, 6) is 1.35. The SMILES string of the molecule is Cc1cnc(C(=O)NCCN2C[C@H](C)C[C@@H](C)C2)cn1. The van der Waals surface area contributed by atoms with Gasteiger partial charge in [0.15, 0.2) is 0 Å². The number of hydrogen-bond acceptors (Lipinski definition) is 4. The van der Waals surface area contributed by atoms with Crippen LogP contribution in [0.15, 0.2) is 12.4 Å². The third-order valence-corrected chi connectivity index (χ3v) is 3.67. The van der Waals surface area contributed by atoms with Crippen molar-refractivity contribution in [3.8, 4) is 0 Å². The third kappa shape index (κ3) is 4.27. The Labute approximate surface area is 120 Å². The van der Waals surface area contributed by atoms with Crippen LogP contribution in [0.4, 0.5) is 0 Å². The zero-order valence-electron chi connectivity index (χ0n) is 12.6. The number of piperidine rings is 1. The van der Waals surface area contributed by atoms with Gasteiger partial charge in [0.25, 0.3) is 5.91 Å². The van der Waals surface area contributed by atoms with Crippen LogP contribution in [-0.4, -0.2) is 47.0 Å². The van der Waals surface area contributed by atoms with Gasteiger partial charge >= 0.3 is 0 Å². The maximum absolute atomic E-state index is 11.9. The predicted molar refractivity (Wildman–Crippen MR) is 78.5 cm³/mol. The van der Waals surface area contributed by atoms with E-state index in [4.69, 9.17) is 0 Å². The lowest BCUT2D eigenvalue weighted by Crippen LogP contribution is -2.43. The second-order valence-electron chi connectivity index (χ2n) is 6.00. The number of carbonyl (C=O) groups is 1. The topological polar surface area (TPSA) is 58.1 Å². The second-order valence-corrected chi connectivity index (χ2v) is 6.00. The number of likely N-dealkylation sites (tertiary alicyclic amines) is 1. The molecule has 1 amide bonds. The standard InChI is InChI=1S/C15H24N4O/c1-11-6-12(2)10-19(9-11)5-4-16-15(20)14-8-17-13(3)7-18-14/h7-8,11-12H,4-6,9-10H2,1-3H3,(H,16,20)/t11-,12-/m1/s1. The molecule has 1 saturated heterocycles. The van der Waals surface area contributed by atoms with E-state index in [1.807, 2.05) is 6.92 Å². The zero-order chi connectivity index (χ0) is 14.5. The molecule has 1 aromatic rings. The van der Waals surface area contributed by atoms with E-state index in [0.29, 0.717) is 12.2 Å². The van der Waals surface area contributed by atoms with Crippen LogP contribution in [0.25, 0.3) is 0 Å². The molecule has 0 radical (unpaired) electrons. The molecule has 0 aliphatic carbocycles. The van der Waals surface area contributed by atoms with E-state index < -0.39 is 0 Å². The monoisotopic (exact) mass is 276 g/mol. The molecule has 0 unspecified atom stereocenters. The highest BCUT2D eigenvalue weighted by Crippen LogP contribution is 2.20. The smallest absolute Gasteiger partial charge is 0.271 e. The van der Waals surface area contributed by atoms with Gasteiger partial charge in [0.05, 0.1) is 11.9 Å². The Balaban J connectivity index is 1.75. The Morgan fingerprint density at radius 3 is 2.60 bits per heavy atom. The van der Waals surface area contributed by atoms with Crippen LogP contribution in [-0.2, 0) is 0 Å². The van der Waals surface area contributed by atoms with Crippen molar-refractivity contribution in [1.29, 1.82) is 0 Å². The van der Waals surface area contributed by atoms with Crippen LogP contribution >= 0.6 is 0 Å². The normalized spacial score (nSPS) is 23.6. The molecule has 0 spiro atoms. The predicted octanol–water partition coefficient (Wildman–Crippen LogP) is 1.49. The summed E-state index contributed by atoms with van der Waals surface area (Å²) in [6, 6.07) is 0. The fourth-order valence-electron chi connectivity index (χ4n) is 2.90. The second kappa shape index (κ2) is 6.79. The summed E-state index contributed by atoms with van der Waals surface area (Å²) in [5.41, 5.74) is 1.20. The maximum Gasteiger partial charge on any atom is 0.271 e. The van der Waals surface area contributed by atoms with Crippen molar-refractivity contribution < 1.29 is 4.79 Å². The highest BCUT2D eigenvalue weighted by molar-refractivity contribution is 5.91. The molecule has 20 heavy (non-hydrogen) atoms. The quantitative estimate of drug-likeness (QED) is 0.905. The molecular formula is C15H24N4O. The number of hydrogen-bond donors (Lipinski definition) is 1. The van der Waals surface area contributed by atoms with E-state index in [0.717, 1.165) is 37.2 Å². The van der Waals surface area contributed by atoms with Gasteiger partial charge in [-0.3, -0.25) is 9.78 Å². The van der Waals surface area contributed by atoms with Gasteiger partial charge < -0.3 is 10.2 Å². The van der Waals surface area contributed by atoms with Gasteiger partial charge in [0, 0.05) is 32.4 Å². The van der Waals surface area contributed by atoms with E-state index in [9.17, 15) is 4.79 Å². The first-order valence-electron chi connectivity index (χ1n) is 7.34. The van der Waals surface area contributed by atoms with Gasteiger partial charge in [-0.25, -0.2) is 4.98 Å². The van der Waals surface area contributed by atoms with Gasteiger partial charge in [-0.05, 0) is 25.2 Å². The number of aryl methyl sites for hydroxylation is 1. The lowest BCUT2D eigenvalue weighted by atomic mass is 9.92. The van der Waals surface area contributed by atoms with E-state index in [1.165, 1.54) is 12.6 Å². The Hall–Kier alpha value is -1.49. The molecule has 0 aromatic carbocycles. The molecule has 110 valence electrons. The average Bonchev–Trinajstić information content (AvgIpc) is 2.38. The van der Waals surface area contributed by atoms with Gasteiger partial charge in [0.2, 0.25) is 0 Å². The van der Waals surface area contributed by atoms with Crippen molar-refractivity contribution >= 4 is 5.91 Å². The Bertz CT molecular complexity index is 436. The fraction of sp³-hybridized carbons (Fsp3) is 0.667. The third-order valence-electron chi connectivity index (χ3n) is 3.67. The molecule has 0 bridgehead atoms. The maximum atomic E-state index is 11.9. The summed E-state index contributed by atoms with van der Waals surface area (Å²) < 4.78 is 0. The van der Waals surface area contributed by atoms with Crippen LogP contribution in [0.5, 0.6) is 0 Å². The first kappa shape index (κ1) is 14.9. The first-order chi connectivity index (χ1) is 9.54. The molecule has 1 aliphatic heterocycles. The summed E-state index contributed by atoms with van der Waals surface area (Å²) in [7, 11) is 0. The number of nitrogens with one attached hydrogen (secondary N) is 1. The lowest BCUT2D eigenvalue weighted by Gasteiger charge is -2.34. The van der Waals surface area contributed by atoms with Crippen LogP contribution in [0.3, 0.4) is 0 Å². The molecule has 1 fully saturated rings. The van der Waals surface area contributed by atoms with Crippen LogP contribution in [0.1, 0.15) is 36.5 Å². The fourth-order valence-corrected chi connectivity index (χ4v) is 2.90. The summed E-state index contributed by atoms with van der Waals surface area (Å²) in [4.78, 5) is 22.5. The van der Waals surface area contributed by atoms with Gasteiger partial charge in [-0.1, -0.05) is 13.8 Å². The summed E-state index contributed by atoms with van der Waals surface area (Å²) in [5, 5.41) is 2.91. The van der Waals surface area contributed by atoms with Crippen molar-refractivity contribution in [3.63, 3.8) is 0 Å². The molecule has 1 N–H and O–H groups in total. The minimum atomic E-state index is -0.143. The number of nitrogens with zero attached hydrogens (tertiary/aromatic N) is 3. The van der Waals surface area contributed by atoms with E-state index >= 15 is 0 Å². The number of aromatic nitrogens is 2. The molecule has 5 heteroatoms. The minimum Gasteiger partial charge on any atom is -0.349 e. The highest BCUT2D eigenvalue weighted by atomic mass is 16.1. The van der Waals surface area contributed by atoms with Crippen molar-refractivity contribution in [2.45, 2.75) is 27.2 Å². The molecular weight excluding hydrogens is 252 g/mol. The molecule has 1 aliphatic rings. The van der Waals surface area contributed by atoms with Crippen molar-refractivity contribution in [2.24, 2.45) is 11.8 Å². The van der Waals surface area contributed by atoms with Gasteiger partial charge in [0.1, 0.15) is 5.69 Å². The summed E-state index contributed by atoms with van der Waals surface area (Å²) >= 11 is 0. The van der Waals surface area contributed by atoms with Crippen molar-refractivity contribution in [2.75, 3.05) is 26.2 Å². The number of amides is 1. The highest BCUT2D eigenvalue weighted by Gasteiger charge is 2.21. The molecule has 2 rings (SSSR count). The molecule has 2 heterocycles. The largest absolute Gasteiger partial charge is 0.349 e. The first-order valence-corrected chi connectivity index (χ1v) is 7.34. The van der Waals surface area contributed by atoms with Crippen molar-refractivity contribution in [3.05, 3.63) is 23.8 Å². The lowest BCUT2D eigenvalue weighted by molar-refractivity contribution is 0.0931. The molecule has 5 nitrogen and oxygen atoms in total. The Morgan fingerprint density at radius 1 is 1.30 bits per heavy atom. The van der Waals surface area contributed by atoms with E-state index in [2.05, 4.69) is 34.0 Å². The van der Waals surface area contributed by atoms with Crippen LogP contribution in [0, 0.1) is 18.8 Å². The van der Waals surface area contributed by atoms with Gasteiger partial charge in [-0.2, -0.15) is 0 Å². The van der Waals surface area contributed by atoms with Gasteiger partial charge in [-0.15, -0.1) is 0 Å². The number of carbonyl (C=O) groups excluding carboxylic acids is 1. The average molecular weight is 276 g/mol. The van der Waals surface area contributed by atoms with Crippen molar-refractivity contribution in [1.82, 2.24) is 20.2 Å². The molecule has 2 atom stereocenters. The summed E-state index contributed by atoms with van der Waals surface area (Å²) in [6.45, 7) is 10.3. The van der Waals surface area contributed by atoms with E-state index in [-0.39, 0.29) is 5.91 Å². The molecule has 1 aromatic heterocycles. The van der Waals surface area contributed by atoms with Crippen LogP contribution in [0.2, 0.25) is 0 Å². The zero-order valence-corrected chi connectivity index (χ0v) is 12.6. The Morgan fingerprint density at radius 2 is 2.00 bits per heavy atom.